The van der Waals surface area contributed by atoms with Crippen LogP contribution in [0.4, 0.5) is 0 Å². The molecule has 32 heavy (non-hydrogen) atoms. The lowest BCUT2D eigenvalue weighted by molar-refractivity contribution is 0.0518. The lowest BCUT2D eigenvalue weighted by atomic mass is 9.87. The van der Waals surface area contributed by atoms with Crippen molar-refractivity contribution in [1.82, 2.24) is 9.55 Å². The summed E-state index contributed by atoms with van der Waals surface area (Å²) in [6.07, 6.45) is 0.621. The van der Waals surface area contributed by atoms with Crippen molar-refractivity contribution >= 4 is 33.5 Å². The van der Waals surface area contributed by atoms with Gasteiger partial charge in [-0.2, -0.15) is 0 Å². The van der Waals surface area contributed by atoms with Gasteiger partial charge in [0.25, 0.3) is 0 Å². The third-order valence-electron chi connectivity index (χ3n) is 5.37. The second-order valence-corrected chi connectivity index (χ2v) is 8.94. The van der Waals surface area contributed by atoms with Gasteiger partial charge in [0.15, 0.2) is 21.9 Å². The number of rotatable bonds is 7. The second kappa shape index (κ2) is 9.55. The lowest BCUT2D eigenvalue weighted by Crippen LogP contribution is -2.18. The van der Waals surface area contributed by atoms with Gasteiger partial charge in [-0.25, -0.2) is 9.78 Å². The molecule has 1 aliphatic rings. The number of imidazole rings is 1. The van der Waals surface area contributed by atoms with Crippen LogP contribution in [0.15, 0.2) is 47.2 Å². The Balaban J connectivity index is 1.86. The van der Waals surface area contributed by atoms with Gasteiger partial charge < -0.3 is 18.8 Å². The molecular weight excluding hydrogens is 496 g/mol. The Bertz CT molecular complexity index is 1130. The van der Waals surface area contributed by atoms with Crippen molar-refractivity contribution in [2.24, 2.45) is 0 Å². The molecule has 4 rings (SSSR count). The molecule has 8 heteroatoms. The van der Waals surface area contributed by atoms with E-state index in [1.165, 1.54) is 0 Å². The van der Waals surface area contributed by atoms with E-state index in [0.29, 0.717) is 21.9 Å². The fourth-order valence-corrected chi connectivity index (χ4v) is 4.87. The molecule has 2 heterocycles. The molecule has 0 spiro atoms. The first kappa shape index (κ1) is 22.7. The van der Waals surface area contributed by atoms with Crippen LogP contribution in [-0.4, -0.2) is 28.9 Å². The van der Waals surface area contributed by atoms with Crippen LogP contribution in [0.25, 0.3) is 0 Å². The summed E-state index contributed by atoms with van der Waals surface area (Å²) < 4.78 is 19.0. The molecule has 1 atom stereocenters. The minimum Gasteiger partial charge on any atom is -0.461 e. The Morgan fingerprint density at radius 2 is 1.91 bits per heavy atom. The average molecular weight is 520 g/mol. The summed E-state index contributed by atoms with van der Waals surface area (Å²) in [5, 5.41) is 0.653. The summed E-state index contributed by atoms with van der Waals surface area (Å²) in [6, 6.07) is 13.7. The molecule has 0 amide bonds. The Morgan fingerprint density at radius 3 is 2.59 bits per heavy atom. The number of esters is 1. The number of hydrogen-bond acceptors (Lipinski definition) is 5. The molecule has 0 bridgehead atoms. The quantitative estimate of drug-likeness (QED) is 0.350. The highest BCUT2D eigenvalue weighted by Gasteiger charge is 2.31. The summed E-state index contributed by atoms with van der Waals surface area (Å²) in [4.78, 5) is 17.4. The molecule has 0 fully saturated rings. The van der Waals surface area contributed by atoms with Crippen molar-refractivity contribution in [3.8, 4) is 11.5 Å². The molecule has 0 radical (unpaired) electrons. The van der Waals surface area contributed by atoms with Crippen LogP contribution in [0.2, 0.25) is 5.02 Å². The summed E-state index contributed by atoms with van der Waals surface area (Å²) in [7, 11) is 0. The SMILES string of the molecule is CCOC(=O)c1nc(Br)n(C(C)C)c1C(Cc1ccc2c(c1)OCO2)c1ccc(Cl)cc1. The van der Waals surface area contributed by atoms with Gasteiger partial charge >= 0.3 is 5.97 Å². The minimum absolute atomic E-state index is 0.0709. The van der Waals surface area contributed by atoms with Crippen LogP contribution in [0.5, 0.6) is 11.5 Å². The number of fused-ring (bicyclic) bond motifs is 1. The number of hydrogen-bond donors (Lipinski definition) is 0. The molecule has 6 nitrogen and oxygen atoms in total. The molecule has 0 saturated heterocycles. The van der Waals surface area contributed by atoms with Gasteiger partial charge in [0.2, 0.25) is 6.79 Å². The molecule has 168 valence electrons. The van der Waals surface area contributed by atoms with Crippen LogP contribution in [0.3, 0.4) is 0 Å². The van der Waals surface area contributed by atoms with Crippen LogP contribution in [0.1, 0.15) is 60.0 Å². The molecule has 2 aromatic carbocycles. The van der Waals surface area contributed by atoms with E-state index < -0.39 is 5.97 Å². The van der Waals surface area contributed by atoms with Gasteiger partial charge in [-0.1, -0.05) is 29.8 Å². The Morgan fingerprint density at radius 1 is 1.19 bits per heavy atom. The zero-order chi connectivity index (χ0) is 22.8. The highest BCUT2D eigenvalue weighted by Crippen LogP contribution is 2.38. The third-order valence-corrected chi connectivity index (χ3v) is 6.18. The largest absolute Gasteiger partial charge is 0.461 e. The van der Waals surface area contributed by atoms with E-state index in [2.05, 4.69) is 34.8 Å². The van der Waals surface area contributed by atoms with E-state index in [4.69, 9.17) is 25.8 Å². The smallest absolute Gasteiger partial charge is 0.358 e. The summed E-state index contributed by atoms with van der Waals surface area (Å²) in [5.74, 6) is 0.848. The molecular formula is C24H24BrClN2O4. The number of benzene rings is 2. The zero-order valence-corrected chi connectivity index (χ0v) is 20.4. The first-order valence-electron chi connectivity index (χ1n) is 10.5. The number of ether oxygens (including phenoxy) is 3. The molecule has 0 aliphatic carbocycles. The monoisotopic (exact) mass is 518 g/mol. The number of carbonyl (C=O) groups excluding carboxylic acids is 1. The molecule has 1 aromatic heterocycles. The topological polar surface area (TPSA) is 62.6 Å². The first-order valence-corrected chi connectivity index (χ1v) is 11.6. The van der Waals surface area contributed by atoms with Gasteiger partial charge in [0, 0.05) is 17.0 Å². The van der Waals surface area contributed by atoms with Crippen molar-refractivity contribution in [2.45, 2.75) is 39.2 Å². The van der Waals surface area contributed by atoms with E-state index in [9.17, 15) is 4.79 Å². The van der Waals surface area contributed by atoms with Crippen molar-refractivity contribution in [3.63, 3.8) is 0 Å². The van der Waals surface area contributed by atoms with Gasteiger partial charge in [-0.05, 0) is 78.5 Å². The number of nitrogens with zero attached hydrogens (tertiary/aromatic N) is 2. The fourth-order valence-electron chi connectivity index (χ4n) is 3.96. The van der Waals surface area contributed by atoms with E-state index in [0.717, 1.165) is 28.3 Å². The lowest BCUT2D eigenvalue weighted by Gasteiger charge is -2.23. The summed E-state index contributed by atoms with van der Waals surface area (Å²) >= 11 is 9.72. The van der Waals surface area contributed by atoms with Crippen LogP contribution >= 0.6 is 27.5 Å². The fraction of sp³-hybridized carbons (Fsp3) is 0.333. The zero-order valence-electron chi connectivity index (χ0n) is 18.1. The average Bonchev–Trinajstić information content (AvgIpc) is 3.36. The van der Waals surface area contributed by atoms with Crippen LogP contribution < -0.4 is 9.47 Å². The van der Waals surface area contributed by atoms with Crippen LogP contribution in [-0.2, 0) is 11.2 Å². The maximum absolute atomic E-state index is 12.9. The maximum atomic E-state index is 12.9. The second-order valence-electron chi connectivity index (χ2n) is 7.79. The maximum Gasteiger partial charge on any atom is 0.358 e. The number of aromatic nitrogens is 2. The summed E-state index contributed by atoms with van der Waals surface area (Å²) in [5.41, 5.74) is 3.18. The highest BCUT2D eigenvalue weighted by atomic mass is 79.9. The van der Waals surface area contributed by atoms with Gasteiger partial charge in [-0.15, -0.1) is 0 Å². The number of carbonyl (C=O) groups is 1. The predicted octanol–water partition coefficient (Wildman–Crippen LogP) is 6.16. The molecule has 0 saturated carbocycles. The van der Waals surface area contributed by atoms with Crippen molar-refractivity contribution in [2.75, 3.05) is 13.4 Å². The molecule has 1 unspecified atom stereocenters. The Labute approximate surface area is 200 Å². The molecule has 0 N–H and O–H groups in total. The van der Waals surface area contributed by atoms with Crippen molar-refractivity contribution in [3.05, 3.63) is 74.7 Å². The predicted molar refractivity (Wildman–Crippen MR) is 126 cm³/mol. The third kappa shape index (κ3) is 4.50. The van der Waals surface area contributed by atoms with E-state index in [1.54, 1.807) is 6.92 Å². The molecule has 1 aliphatic heterocycles. The van der Waals surface area contributed by atoms with Crippen LogP contribution in [0, 0.1) is 0 Å². The van der Waals surface area contributed by atoms with E-state index >= 15 is 0 Å². The van der Waals surface area contributed by atoms with Gasteiger partial charge in [-0.3, -0.25) is 0 Å². The van der Waals surface area contributed by atoms with E-state index in [-0.39, 0.29) is 25.4 Å². The Hall–Kier alpha value is -2.51. The van der Waals surface area contributed by atoms with E-state index in [1.807, 2.05) is 47.0 Å². The first-order chi connectivity index (χ1) is 15.4. The van der Waals surface area contributed by atoms with Crippen molar-refractivity contribution < 1.29 is 19.0 Å². The summed E-state index contributed by atoms with van der Waals surface area (Å²) in [6.45, 7) is 6.40. The molecule has 3 aromatic rings. The highest BCUT2D eigenvalue weighted by molar-refractivity contribution is 9.10. The van der Waals surface area contributed by atoms with Gasteiger partial charge in [0.1, 0.15) is 0 Å². The minimum atomic E-state index is -0.438. The normalized spacial score (nSPS) is 13.4. The Kier molecular flexibility index (Phi) is 6.76. The van der Waals surface area contributed by atoms with Gasteiger partial charge in [0.05, 0.1) is 12.3 Å². The number of halogens is 2. The standard InChI is InChI=1S/C24H24BrClN2O4/c1-4-30-23(29)21-22(28(14(2)3)24(25)27-21)18(16-6-8-17(26)9-7-16)11-15-5-10-19-20(12-15)32-13-31-19/h5-10,12,14,18H,4,11,13H2,1-3H3. The van der Waals surface area contributed by atoms with Crippen molar-refractivity contribution in [1.29, 1.82) is 0 Å².